The lowest BCUT2D eigenvalue weighted by Gasteiger charge is -2.11. The Balaban J connectivity index is 2.71. The summed E-state index contributed by atoms with van der Waals surface area (Å²) in [7, 11) is 1.97. The molecule has 3 nitrogen and oxygen atoms in total. The van der Waals surface area contributed by atoms with Gasteiger partial charge in [-0.05, 0) is 6.42 Å². The van der Waals surface area contributed by atoms with Crippen molar-refractivity contribution in [2.24, 2.45) is 16.0 Å². The van der Waals surface area contributed by atoms with Crippen LogP contribution in [0.15, 0.2) is 22.8 Å². The summed E-state index contributed by atoms with van der Waals surface area (Å²) in [4.78, 5) is 4.46. The Morgan fingerprint density at radius 3 is 2.77 bits per heavy atom. The van der Waals surface area contributed by atoms with Crippen molar-refractivity contribution in [1.29, 1.82) is 0 Å². The first-order chi connectivity index (χ1) is 6.19. The lowest BCUT2D eigenvalue weighted by Crippen LogP contribution is -2.24. The van der Waals surface area contributed by atoms with Gasteiger partial charge in [0.25, 0.3) is 6.17 Å². The number of hydrogen-bond acceptors (Lipinski definition) is 2. The van der Waals surface area contributed by atoms with Gasteiger partial charge >= 0.3 is 0 Å². The Bertz CT molecular complexity index is 253. The summed E-state index contributed by atoms with van der Waals surface area (Å²) in [6.45, 7) is 7.96. The van der Waals surface area contributed by atoms with E-state index in [0.29, 0.717) is 5.92 Å². The fourth-order valence-electron chi connectivity index (χ4n) is 1.68. The maximum Gasteiger partial charge on any atom is 0.278 e. The van der Waals surface area contributed by atoms with Gasteiger partial charge in [-0.3, -0.25) is 0 Å². The fraction of sp³-hybridized carbons (Fsp3) is 0.700. The third kappa shape index (κ3) is 2.23. The first-order valence-corrected chi connectivity index (χ1v) is 4.80. The summed E-state index contributed by atoms with van der Waals surface area (Å²) in [5.74, 6) is 1.30. The molecule has 0 aromatic heterocycles. The van der Waals surface area contributed by atoms with Gasteiger partial charge in [0.2, 0.25) is 0 Å². The molecule has 2 unspecified atom stereocenters. The number of amidine groups is 1. The van der Waals surface area contributed by atoms with E-state index in [0.717, 1.165) is 18.7 Å². The van der Waals surface area contributed by atoms with Gasteiger partial charge in [-0.2, -0.15) is 4.99 Å². The van der Waals surface area contributed by atoms with Crippen LogP contribution in [0, 0.1) is 5.92 Å². The van der Waals surface area contributed by atoms with Crippen LogP contribution in [0.25, 0.3) is 0 Å². The predicted molar refractivity (Wildman–Crippen MR) is 54.1 cm³/mol. The SMILES string of the molecule is C=CC(CCC)C1N=C(C)N=[N+]1C. The monoisotopic (exact) mass is 180 g/mol. The van der Waals surface area contributed by atoms with Crippen molar-refractivity contribution in [1.82, 2.24) is 0 Å². The van der Waals surface area contributed by atoms with E-state index in [-0.39, 0.29) is 6.17 Å². The summed E-state index contributed by atoms with van der Waals surface area (Å²) < 4.78 is 1.93. The van der Waals surface area contributed by atoms with Crippen LogP contribution in [0.2, 0.25) is 0 Å². The summed E-state index contributed by atoms with van der Waals surface area (Å²) >= 11 is 0. The lowest BCUT2D eigenvalue weighted by atomic mass is 10.0. The molecule has 1 rings (SSSR count). The quantitative estimate of drug-likeness (QED) is 0.469. The Hall–Kier alpha value is -0.990. The molecule has 0 radical (unpaired) electrons. The van der Waals surface area contributed by atoms with Crippen molar-refractivity contribution < 1.29 is 4.70 Å². The fourth-order valence-corrected chi connectivity index (χ4v) is 1.68. The summed E-state index contributed by atoms with van der Waals surface area (Å²) in [6, 6.07) is 0. The third-order valence-corrected chi connectivity index (χ3v) is 2.31. The Kier molecular flexibility index (Phi) is 3.34. The molecule has 0 saturated heterocycles. The van der Waals surface area contributed by atoms with E-state index in [1.54, 1.807) is 0 Å². The Morgan fingerprint density at radius 1 is 1.69 bits per heavy atom. The molecule has 0 fully saturated rings. The van der Waals surface area contributed by atoms with Crippen LogP contribution in [0.1, 0.15) is 26.7 Å². The molecule has 0 aromatic carbocycles. The zero-order valence-corrected chi connectivity index (χ0v) is 8.70. The van der Waals surface area contributed by atoms with Crippen molar-refractivity contribution in [2.45, 2.75) is 32.9 Å². The van der Waals surface area contributed by atoms with Crippen LogP contribution < -0.4 is 0 Å². The minimum Gasteiger partial charge on any atom is -0.194 e. The van der Waals surface area contributed by atoms with Gasteiger partial charge in [0.1, 0.15) is 0 Å². The molecule has 13 heavy (non-hydrogen) atoms. The highest BCUT2D eigenvalue weighted by Crippen LogP contribution is 2.19. The number of azo groups is 2. The predicted octanol–water partition coefficient (Wildman–Crippen LogP) is 2.44. The van der Waals surface area contributed by atoms with Gasteiger partial charge in [0, 0.05) is 12.0 Å². The van der Waals surface area contributed by atoms with Crippen molar-refractivity contribution in [3.05, 3.63) is 12.7 Å². The molecule has 0 N–H and O–H groups in total. The van der Waals surface area contributed by atoms with Gasteiger partial charge in [-0.15, -0.1) is 6.58 Å². The van der Waals surface area contributed by atoms with E-state index in [9.17, 15) is 0 Å². The Morgan fingerprint density at radius 2 is 2.38 bits per heavy atom. The van der Waals surface area contributed by atoms with E-state index >= 15 is 0 Å². The molecule has 72 valence electrons. The maximum atomic E-state index is 4.46. The normalized spacial score (nSPS) is 23.8. The van der Waals surface area contributed by atoms with Crippen LogP contribution in [-0.2, 0) is 0 Å². The van der Waals surface area contributed by atoms with E-state index in [1.165, 1.54) is 0 Å². The molecule has 0 amide bonds. The van der Waals surface area contributed by atoms with Gasteiger partial charge in [-0.25, -0.2) is 0 Å². The first kappa shape index (κ1) is 10.1. The van der Waals surface area contributed by atoms with Crippen LogP contribution in [0.5, 0.6) is 0 Å². The summed E-state index contributed by atoms with van der Waals surface area (Å²) in [5, 5.41) is 4.26. The molecular weight excluding hydrogens is 162 g/mol. The average Bonchev–Trinajstić information content (AvgIpc) is 2.41. The zero-order chi connectivity index (χ0) is 9.84. The van der Waals surface area contributed by atoms with Crippen molar-refractivity contribution in [3.63, 3.8) is 0 Å². The van der Waals surface area contributed by atoms with E-state index in [2.05, 4.69) is 23.6 Å². The van der Waals surface area contributed by atoms with E-state index in [1.807, 2.05) is 24.7 Å². The molecule has 0 aliphatic carbocycles. The number of aliphatic imine (C=N–C) groups is 1. The van der Waals surface area contributed by atoms with Crippen LogP contribution in [-0.4, -0.2) is 23.7 Å². The molecule has 1 aliphatic rings. The lowest BCUT2D eigenvalue weighted by molar-refractivity contribution is -0.595. The highest BCUT2D eigenvalue weighted by Gasteiger charge is 2.31. The molecule has 2 atom stereocenters. The number of hydrogen-bond donors (Lipinski definition) is 0. The van der Waals surface area contributed by atoms with Gasteiger partial charge < -0.3 is 0 Å². The molecule has 0 spiro atoms. The maximum absolute atomic E-state index is 4.46. The standard InChI is InChI=1S/C10H18N3/c1-5-7-9(6-2)10-11-8(3)12-13(10)4/h6,9-10H,2,5,7H2,1,3-4H3/q+1. The molecule has 1 aliphatic heterocycles. The second-order valence-corrected chi connectivity index (χ2v) is 3.45. The highest BCUT2D eigenvalue weighted by molar-refractivity contribution is 5.80. The largest absolute Gasteiger partial charge is 0.278 e. The molecule has 0 aromatic rings. The van der Waals surface area contributed by atoms with E-state index < -0.39 is 0 Å². The molecule has 0 bridgehead atoms. The minimum absolute atomic E-state index is 0.178. The van der Waals surface area contributed by atoms with Gasteiger partial charge in [-0.1, -0.05) is 24.1 Å². The van der Waals surface area contributed by atoms with Gasteiger partial charge in [0.15, 0.2) is 12.9 Å². The van der Waals surface area contributed by atoms with E-state index in [4.69, 9.17) is 0 Å². The Labute approximate surface area is 79.9 Å². The van der Waals surface area contributed by atoms with Crippen LogP contribution in [0.4, 0.5) is 0 Å². The van der Waals surface area contributed by atoms with Crippen LogP contribution >= 0.6 is 0 Å². The highest BCUT2D eigenvalue weighted by atomic mass is 15.4. The molecule has 0 saturated carbocycles. The smallest absolute Gasteiger partial charge is 0.194 e. The second-order valence-electron chi connectivity index (χ2n) is 3.45. The van der Waals surface area contributed by atoms with Gasteiger partial charge in [0.05, 0.1) is 5.92 Å². The van der Waals surface area contributed by atoms with Crippen molar-refractivity contribution in [2.75, 3.05) is 7.05 Å². The first-order valence-electron chi connectivity index (χ1n) is 4.80. The van der Waals surface area contributed by atoms with Crippen molar-refractivity contribution >= 4 is 5.84 Å². The third-order valence-electron chi connectivity index (χ3n) is 2.31. The topological polar surface area (TPSA) is 27.7 Å². The summed E-state index contributed by atoms with van der Waals surface area (Å²) in [6.07, 6.45) is 4.46. The molecular formula is C10H18N3+. The zero-order valence-electron chi connectivity index (χ0n) is 8.70. The van der Waals surface area contributed by atoms with Crippen molar-refractivity contribution in [3.8, 4) is 0 Å². The number of rotatable bonds is 4. The summed E-state index contributed by atoms with van der Waals surface area (Å²) in [5.41, 5.74) is 0. The molecule has 1 heterocycles. The minimum atomic E-state index is 0.178. The molecule has 3 heteroatoms. The van der Waals surface area contributed by atoms with Crippen LogP contribution in [0.3, 0.4) is 0 Å². The number of nitrogens with zero attached hydrogens (tertiary/aromatic N) is 3. The average molecular weight is 180 g/mol. The second kappa shape index (κ2) is 4.30.